The molecule has 0 atom stereocenters. The number of pyridine rings is 1. The first-order valence-corrected chi connectivity index (χ1v) is 8.94. The van der Waals surface area contributed by atoms with Crippen molar-refractivity contribution in [3.05, 3.63) is 18.3 Å². The van der Waals surface area contributed by atoms with E-state index in [1.807, 2.05) is 49.9 Å². The van der Waals surface area contributed by atoms with Crippen LogP contribution in [-0.4, -0.2) is 67.0 Å². The standard InChI is InChI=1S/C18H29N5O2/c1-5-22(6-2)17(24)14-9-11-23(12-10-14)18(25)20-15-7-8-16(19-13-15)21(3)4/h7-8,13-14H,5-6,9-12H2,1-4H3,(H,20,25). The number of carbonyl (C=O) groups is 2. The van der Waals surface area contributed by atoms with Crippen molar-refractivity contribution in [2.75, 3.05) is 50.5 Å². The summed E-state index contributed by atoms with van der Waals surface area (Å²) in [5.74, 6) is 1.09. The minimum absolute atomic E-state index is 0.0324. The van der Waals surface area contributed by atoms with Gasteiger partial charge in [-0.05, 0) is 38.8 Å². The van der Waals surface area contributed by atoms with Gasteiger partial charge in [0.25, 0.3) is 0 Å². The Balaban J connectivity index is 1.85. The maximum atomic E-state index is 12.4. The second-order valence-electron chi connectivity index (χ2n) is 6.50. The first-order valence-electron chi connectivity index (χ1n) is 8.94. The molecule has 1 aromatic heterocycles. The summed E-state index contributed by atoms with van der Waals surface area (Å²) in [5, 5.41) is 2.88. The number of nitrogens with zero attached hydrogens (tertiary/aromatic N) is 4. The summed E-state index contributed by atoms with van der Waals surface area (Å²) < 4.78 is 0. The van der Waals surface area contributed by atoms with Gasteiger partial charge in [-0.25, -0.2) is 9.78 Å². The van der Waals surface area contributed by atoms with Crippen LogP contribution in [0.4, 0.5) is 16.3 Å². The normalized spacial score (nSPS) is 15.0. The van der Waals surface area contributed by atoms with Crippen molar-refractivity contribution in [3.8, 4) is 0 Å². The molecule has 0 radical (unpaired) electrons. The van der Waals surface area contributed by atoms with Crippen LogP contribution in [0.25, 0.3) is 0 Å². The minimum atomic E-state index is -0.131. The van der Waals surface area contributed by atoms with Crippen LogP contribution in [0.1, 0.15) is 26.7 Å². The van der Waals surface area contributed by atoms with Crippen LogP contribution in [0.15, 0.2) is 18.3 Å². The van der Waals surface area contributed by atoms with E-state index < -0.39 is 0 Å². The summed E-state index contributed by atoms with van der Waals surface area (Å²) in [5.41, 5.74) is 0.678. The van der Waals surface area contributed by atoms with Gasteiger partial charge >= 0.3 is 6.03 Å². The van der Waals surface area contributed by atoms with Crippen molar-refractivity contribution in [1.29, 1.82) is 0 Å². The number of carbonyl (C=O) groups excluding carboxylic acids is 2. The van der Waals surface area contributed by atoms with Crippen LogP contribution in [0.5, 0.6) is 0 Å². The summed E-state index contributed by atoms with van der Waals surface area (Å²) >= 11 is 0. The molecule has 1 N–H and O–H groups in total. The van der Waals surface area contributed by atoms with Crippen molar-refractivity contribution in [1.82, 2.24) is 14.8 Å². The molecule has 0 unspecified atom stereocenters. The predicted molar refractivity (Wildman–Crippen MR) is 99.8 cm³/mol. The van der Waals surface area contributed by atoms with E-state index in [-0.39, 0.29) is 17.9 Å². The fourth-order valence-electron chi connectivity index (χ4n) is 3.05. The number of nitrogens with one attached hydrogen (secondary N) is 1. The van der Waals surface area contributed by atoms with E-state index in [1.54, 1.807) is 11.1 Å². The summed E-state index contributed by atoms with van der Waals surface area (Å²) in [6, 6.07) is 3.58. The fourth-order valence-corrected chi connectivity index (χ4v) is 3.05. The van der Waals surface area contributed by atoms with Gasteiger partial charge in [0.15, 0.2) is 0 Å². The van der Waals surface area contributed by atoms with Gasteiger partial charge in [-0.15, -0.1) is 0 Å². The molecule has 3 amide bonds. The zero-order valence-electron chi connectivity index (χ0n) is 15.7. The summed E-state index contributed by atoms with van der Waals surface area (Å²) in [4.78, 5) is 34.6. The maximum absolute atomic E-state index is 12.4. The average Bonchev–Trinajstić information content (AvgIpc) is 2.63. The second-order valence-corrected chi connectivity index (χ2v) is 6.50. The highest BCUT2D eigenvalue weighted by Crippen LogP contribution is 2.21. The lowest BCUT2D eigenvalue weighted by Crippen LogP contribution is -2.45. The Morgan fingerprint density at radius 1 is 1.20 bits per heavy atom. The highest BCUT2D eigenvalue weighted by atomic mass is 16.2. The Morgan fingerprint density at radius 2 is 1.84 bits per heavy atom. The molecule has 7 nitrogen and oxygen atoms in total. The Kier molecular flexibility index (Phi) is 6.61. The van der Waals surface area contributed by atoms with Gasteiger partial charge in [0.05, 0.1) is 11.9 Å². The van der Waals surface area contributed by atoms with E-state index in [2.05, 4.69) is 10.3 Å². The molecule has 1 fully saturated rings. The van der Waals surface area contributed by atoms with Gasteiger partial charge in [-0.1, -0.05) is 0 Å². The molecule has 0 bridgehead atoms. The van der Waals surface area contributed by atoms with Gasteiger partial charge in [0.1, 0.15) is 5.82 Å². The molecule has 1 aliphatic rings. The fraction of sp³-hybridized carbons (Fsp3) is 0.611. The Bertz CT molecular complexity index is 576. The average molecular weight is 347 g/mol. The van der Waals surface area contributed by atoms with Crippen molar-refractivity contribution in [2.24, 2.45) is 5.92 Å². The van der Waals surface area contributed by atoms with E-state index >= 15 is 0 Å². The van der Waals surface area contributed by atoms with Crippen LogP contribution in [0.2, 0.25) is 0 Å². The lowest BCUT2D eigenvalue weighted by atomic mass is 9.95. The molecule has 0 saturated carbocycles. The molecule has 0 aromatic carbocycles. The third-order valence-corrected chi connectivity index (χ3v) is 4.66. The largest absolute Gasteiger partial charge is 0.363 e. The number of likely N-dealkylation sites (tertiary alicyclic amines) is 1. The topological polar surface area (TPSA) is 68.8 Å². The number of aromatic nitrogens is 1. The number of amides is 3. The van der Waals surface area contributed by atoms with E-state index in [1.165, 1.54) is 0 Å². The van der Waals surface area contributed by atoms with Gasteiger partial charge in [0.2, 0.25) is 5.91 Å². The molecular formula is C18H29N5O2. The molecule has 1 aromatic rings. The molecule has 0 spiro atoms. The van der Waals surface area contributed by atoms with Crippen molar-refractivity contribution in [3.63, 3.8) is 0 Å². The van der Waals surface area contributed by atoms with Gasteiger partial charge in [0, 0.05) is 46.2 Å². The SMILES string of the molecule is CCN(CC)C(=O)C1CCN(C(=O)Nc2ccc(N(C)C)nc2)CC1. The van der Waals surface area contributed by atoms with Crippen LogP contribution in [0.3, 0.4) is 0 Å². The molecule has 2 rings (SSSR count). The number of hydrogen-bond donors (Lipinski definition) is 1. The molecule has 1 saturated heterocycles. The van der Waals surface area contributed by atoms with Crippen LogP contribution in [-0.2, 0) is 4.79 Å². The van der Waals surface area contributed by atoms with E-state index in [0.717, 1.165) is 31.7 Å². The number of urea groups is 1. The smallest absolute Gasteiger partial charge is 0.321 e. The van der Waals surface area contributed by atoms with Gasteiger partial charge < -0.3 is 20.0 Å². The Labute approximate surface area is 150 Å². The molecule has 138 valence electrons. The molecule has 0 aliphatic carbocycles. The number of piperidine rings is 1. The highest BCUT2D eigenvalue weighted by Gasteiger charge is 2.29. The number of anilines is 2. The maximum Gasteiger partial charge on any atom is 0.321 e. The Morgan fingerprint density at radius 3 is 2.32 bits per heavy atom. The quantitative estimate of drug-likeness (QED) is 0.887. The minimum Gasteiger partial charge on any atom is -0.363 e. The summed E-state index contributed by atoms with van der Waals surface area (Å²) in [6.07, 6.45) is 3.10. The lowest BCUT2D eigenvalue weighted by Gasteiger charge is -2.33. The van der Waals surface area contributed by atoms with E-state index in [9.17, 15) is 9.59 Å². The van der Waals surface area contributed by atoms with Crippen LogP contribution >= 0.6 is 0 Å². The third kappa shape index (κ3) is 4.84. The number of hydrogen-bond acceptors (Lipinski definition) is 4. The predicted octanol–water partition coefficient (Wildman–Crippen LogP) is 2.26. The summed E-state index contributed by atoms with van der Waals surface area (Å²) in [6.45, 7) is 6.69. The van der Waals surface area contributed by atoms with E-state index in [4.69, 9.17) is 0 Å². The van der Waals surface area contributed by atoms with E-state index in [0.29, 0.717) is 18.8 Å². The molecular weight excluding hydrogens is 318 g/mol. The molecule has 7 heteroatoms. The monoisotopic (exact) mass is 347 g/mol. The van der Waals surface area contributed by atoms with Crippen LogP contribution < -0.4 is 10.2 Å². The third-order valence-electron chi connectivity index (χ3n) is 4.66. The first-order chi connectivity index (χ1) is 12.0. The zero-order valence-corrected chi connectivity index (χ0v) is 15.7. The zero-order chi connectivity index (χ0) is 18.4. The van der Waals surface area contributed by atoms with Crippen molar-refractivity contribution < 1.29 is 9.59 Å². The number of rotatable bonds is 5. The highest BCUT2D eigenvalue weighted by molar-refractivity contribution is 5.89. The molecule has 1 aliphatic heterocycles. The van der Waals surface area contributed by atoms with Crippen LogP contribution in [0, 0.1) is 5.92 Å². The van der Waals surface area contributed by atoms with Crippen molar-refractivity contribution in [2.45, 2.75) is 26.7 Å². The molecule has 2 heterocycles. The second kappa shape index (κ2) is 8.69. The summed E-state index contributed by atoms with van der Waals surface area (Å²) in [7, 11) is 3.84. The lowest BCUT2D eigenvalue weighted by molar-refractivity contribution is -0.136. The van der Waals surface area contributed by atoms with Gasteiger partial charge in [-0.3, -0.25) is 4.79 Å². The first kappa shape index (κ1) is 19.0. The van der Waals surface area contributed by atoms with Crippen molar-refractivity contribution >= 4 is 23.4 Å². The van der Waals surface area contributed by atoms with Gasteiger partial charge in [-0.2, -0.15) is 0 Å². The molecule has 25 heavy (non-hydrogen) atoms. The Hall–Kier alpha value is -2.31.